The van der Waals surface area contributed by atoms with E-state index in [9.17, 15) is 4.39 Å². The molecule has 1 unspecified atom stereocenters. The van der Waals surface area contributed by atoms with Gasteiger partial charge < -0.3 is 10.7 Å². The van der Waals surface area contributed by atoms with Gasteiger partial charge in [0.1, 0.15) is 11.6 Å². The summed E-state index contributed by atoms with van der Waals surface area (Å²) in [5, 5.41) is 0. The van der Waals surface area contributed by atoms with Gasteiger partial charge in [-0.05, 0) is 48.9 Å². The summed E-state index contributed by atoms with van der Waals surface area (Å²) in [4.78, 5) is 7.73. The van der Waals surface area contributed by atoms with Crippen LogP contribution in [0.3, 0.4) is 0 Å². The summed E-state index contributed by atoms with van der Waals surface area (Å²) in [6.45, 7) is 1.94. The van der Waals surface area contributed by atoms with E-state index in [2.05, 4.69) is 9.97 Å². The van der Waals surface area contributed by atoms with Gasteiger partial charge in [0.2, 0.25) is 0 Å². The molecule has 0 saturated heterocycles. The summed E-state index contributed by atoms with van der Waals surface area (Å²) < 4.78 is 12.9. The minimum absolute atomic E-state index is 0.0121. The Morgan fingerprint density at radius 2 is 1.89 bits per heavy atom. The van der Waals surface area contributed by atoms with Crippen molar-refractivity contribution in [3.8, 4) is 11.4 Å². The number of benzene rings is 2. The number of fused-ring (bicyclic) bond motifs is 1. The van der Waals surface area contributed by atoms with Gasteiger partial charge in [0.05, 0.1) is 11.0 Å². The van der Waals surface area contributed by atoms with E-state index in [-0.39, 0.29) is 11.9 Å². The van der Waals surface area contributed by atoms with Gasteiger partial charge >= 0.3 is 0 Å². The third-order valence-electron chi connectivity index (χ3n) is 3.15. The highest BCUT2D eigenvalue weighted by Gasteiger charge is 2.07. The van der Waals surface area contributed by atoms with Crippen LogP contribution in [0.25, 0.3) is 22.4 Å². The minimum Gasteiger partial charge on any atom is -0.338 e. The van der Waals surface area contributed by atoms with E-state index in [0.29, 0.717) is 0 Å². The van der Waals surface area contributed by atoms with Crippen LogP contribution < -0.4 is 5.73 Å². The lowest BCUT2D eigenvalue weighted by molar-refractivity contribution is 0.628. The lowest BCUT2D eigenvalue weighted by Crippen LogP contribution is -2.04. The molecule has 3 N–H and O–H groups in total. The zero-order valence-electron chi connectivity index (χ0n) is 10.5. The van der Waals surface area contributed by atoms with Crippen LogP contribution >= 0.6 is 0 Å². The normalized spacial score (nSPS) is 12.8. The van der Waals surface area contributed by atoms with E-state index in [4.69, 9.17) is 5.73 Å². The molecule has 1 heterocycles. The van der Waals surface area contributed by atoms with Gasteiger partial charge in [0.15, 0.2) is 0 Å². The van der Waals surface area contributed by atoms with E-state index in [1.54, 1.807) is 12.1 Å². The Kier molecular flexibility index (Phi) is 2.80. The molecule has 3 rings (SSSR count). The molecule has 0 fully saturated rings. The molecule has 0 bridgehead atoms. The van der Waals surface area contributed by atoms with E-state index >= 15 is 0 Å². The van der Waals surface area contributed by atoms with Gasteiger partial charge in [0.25, 0.3) is 0 Å². The molecule has 2 aromatic carbocycles. The van der Waals surface area contributed by atoms with Crippen LogP contribution in [0.1, 0.15) is 18.5 Å². The number of hydrogen-bond acceptors (Lipinski definition) is 2. The Morgan fingerprint density at radius 3 is 2.58 bits per heavy atom. The molecule has 0 spiro atoms. The first-order chi connectivity index (χ1) is 9.13. The standard InChI is InChI=1S/C15H14FN3/c1-9(17)11-4-7-13-14(8-11)19-15(18-13)10-2-5-12(16)6-3-10/h2-9H,17H2,1H3,(H,18,19). The molecule has 0 radical (unpaired) electrons. The number of aromatic nitrogens is 2. The van der Waals surface area contributed by atoms with E-state index in [1.807, 2.05) is 25.1 Å². The van der Waals surface area contributed by atoms with Gasteiger partial charge in [0, 0.05) is 11.6 Å². The van der Waals surface area contributed by atoms with E-state index in [0.717, 1.165) is 28.0 Å². The topological polar surface area (TPSA) is 54.7 Å². The Balaban J connectivity index is 2.08. The van der Waals surface area contributed by atoms with Crippen LogP contribution in [-0.4, -0.2) is 9.97 Å². The van der Waals surface area contributed by atoms with Crippen molar-refractivity contribution in [2.45, 2.75) is 13.0 Å². The highest BCUT2D eigenvalue weighted by Crippen LogP contribution is 2.22. The maximum Gasteiger partial charge on any atom is 0.138 e. The smallest absolute Gasteiger partial charge is 0.138 e. The summed E-state index contributed by atoms with van der Waals surface area (Å²) >= 11 is 0. The van der Waals surface area contributed by atoms with E-state index in [1.165, 1.54) is 12.1 Å². The van der Waals surface area contributed by atoms with Gasteiger partial charge in [-0.1, -0.05) is 6.07 Å². The number of aromatic amines is 1. The molecule has 96 valence electrons. The van der Waals surface area contributed by atoms with Crippen molar-refractivity contribution in [2.24, 2.45) is 5.73 Å². The van der Waals surface area contributed by atoms with Crippen LogP contribution in [-0.2, 0) is 0 Å². The molecule has 0 aliphatic carbocycles. The van der Waals surface area contributed by atoms with Crippen LogP contribution in [0, 0.1) is 5.82 Å². The Hall–Kier alpha value is -2.20. The van der Waals surface area contributed by atoms with Gasteiger partial charge in [-0.25, -0.2) is 9.37 Å². The highest BCUT2D eigenvalue weighted by atomic mass is 19.1. The van der Waals surface area contributed by atoms with Crippen molar-refractivity contribution in [3.63, 3.8) is 0 Å². The predicted octanol–water partition coefficient (Wildman–Crippen LogP) is 3.39. The third-order valence-corrected chi connectivity index (χ3v) is 3.15. The molecular weight excluding hydrogens is 241 g/mol. The second kappa shape index (κ2) is 4.48. The van der Waals surface area contributed by atoms with Crippen molar-refractivity contribution >= 4 is 11.0 Å². The van der Waals surface area contributed by atoms with Gasteiger partial charge in [-0.15, -0.1) is 0 Å². The van der Waals surface area contributed by atoms with Crippen molar-refractivity contribution in [2.75, 3.05) is 0 Å². The summed E-state index contributed by atoms with van der Waals surface area (Å²) in [6, 6.07) is 12.2. The Bertz CT molecular complexity index is 714. The number of imidazole rings is 1. The number of halogens is 1. The maximum atomic E-state index is 12.9. The Morgan fingerprint density at radius 1 is 1.16 bits per heavy atom. The molecule has 19 heavy (non-hydrogen) atoms. The molecule has 3 aromatic rings. The molecule has 0 aliphatic rings. The molecule has 1 atom stereocenters. The van der Waals surface area contributed by atoms with Crippen molar-refractivity contribution in [3.05, 3.63) is 53.8 Å². The average molecular weight is 255 g/mol. The SMILES string of the molecule is CC(N)c1ccc2nc(-c3ccc(F)cc3)[nH]c2c1. The first kappa shape index (κ1) is 11.9. The van der Waals surface area contributed by atoms with Crippen LogP contribution in [0.2, 0.25) is 0 Å². The van der Waals surface area contributed by atoms with Crippen LogP contribution in [0.5, 0.6) is 0 Å². The second-order valence-corrected chi connectivity index (χ2v) is 4.66. The second-order valence-electron chi connectivity index (χ2n) is 4.66. The largest absolute Gasteiger partial charge is 0.338 e. The molecule has 4 heteroatoms. The van der Waals surface area contributed by atoms with Crippen molar-refractivity contribution in [1.29, 1.82) is 0 Å². The molecule has 0 aliphatic heterocycles. The van der Waals surface area contributed by atoms with Gasteiger partial charge in [-0.2, -0.15) is 0 Å². The summed E-state index contributed by atoms with van der Waals surface area (Å²) in [5.41, 5.74) is 9.60. The molecule has 1 aromatic heterocycles. The van der Waals surface area contributed by atoms with Crippen molar-refractivity contribution < 1.29 is 4.39 Å². The maximum absolute atomic E-state index is 12.9. The van der Waals surface area contributed by atoms with Crippen LogP contribution in [0.15, 0.2) is 42.5 Å². The summed E-state index contributed by atoms with van der Waals surface area (Å²) in [7, 11) is 0. The number of nitrogens with two attached hydrogens (primary N) is 1. The zero-order valence-corrected chi connectivity index (χ0v) is 10.5. The van der Waals surface area contributed by atoms with Gasteiger partial charge in [-0.3, -0.25) is 0 Å². The molecule has 0 saturated carbocycles. The lowest BCUT2D eigenvalue weighted by Gasteiger charge is -2.03. The summed E-state index contributed by atoms with van der Waals surface area (Å²) in [5.74, 6) is 0.482. The fourth-order valence-electron chi connectivity index (χ4n) is 2.05. The molecule has 3 nitrogen and oxygen atoms in total. The first-order valence-electron chi connectivity index (χ1n) is 6.14. The number of nitrogens with one attached hydrogen (secondary N) is 1. The fourth-order valence-corrected chi connectivity index (χ4v) is 2.05. The predicted molar refractivity (Wildman–Crippen MR) is 74.1 cm³/mol. The summed E-state index contributed by atoms with van der Waals surface area (Å²) in [6.07, 6.45) is 0. The number of H-pyrrole nitrogens is 1. The highest BCUT2D eigenvalue weighted by molar-refractivity contribution is 5.80. The number of nitrogens with zero attached hydrogens (tertiary/aromatic N) is 1. The third kappa shape index (κ3) is 2.22. The number of rotatable bonds is 2. The quantitative estimate of drug-likeness (QED) is 0.737. The average Bonchev–Trinajstić information content (AvgIpc) is 2.82. The van der Waals surface area contributed by atoms with Crippen LogP contribution in [0.4, 0.5) is 4.39 Å². The number of hydrogen-bond donors (Lipinski definition) is 2. The fraction of sp³-hybridized carbons (Fsp3) is 0.133. The monoisotopic (exact) mass is 255 g/mol. The van der Waals surface area contributed by atoms with Crippen molar-refractivity contribution in [1.82, 2.24) is 9.97 Å². The molecular formula is C15H14FN3. The lowest BCUT2D eigenvalue weighted by atomic mass is 10.1. The first-order valence-corrected chi connectivity index (χ1v) is 6.14. The zero-order chi connectivity index (χ0) is 13.4. The molecule has 0 amide bonds. The van der Waals surface area contributed by atoms with E-state index < -0.39 is 0 Å². The Labute approximate surface area is 110 Å². The minimum atomic E-state index is -0.251.